The van der Waals surface area contributed by atoms with Gasteiger partial charge in [0.25, 0.3) is 0 Å². The van der Waals surface area contributed by atoms with Gasteiger partial charge in [0, 0.05) is 0 Å². The molecule has 0 unspecified atom stereocenters. The first kappa shape index (κ1) is 15.7. The molecule has 0 atom stereocenters. The van der Waals surface area contributed by atoms with Gasteiger partial charge < -0.3 is 8.33 Å². The Kier molecular flexibility index (Phi) is 11.2. The zero-order valence-electron chi connectivity index (χ0n) is 5.26. The first-order chi connectivity index (χ1) is 2.00. The van der Waals surface area contributed by atoms with Crippen molar-refractivity contribution in [1.82, 2.24) is 0 Å². The van der Waals surface area contributed by atoms with Gasteiger partial charge in [-0.05, 0) is 0 Å². The topological polar surface area (TPSA) is 121 Å². The van der Waals surface area contributed by atoms with Gasteiger partial charge in [-0.3, -0.25) is 0 Å². The van der Waals surface area contributed by atoms with Crippen molar-refractivity contribution in [3.8, 4) is 0 Å². The van der Waals surface area contributed by atoms with E-state index in [1.165, 1.54) is 0 Å². The Hall–Kier alpha value is 0.856. The van der Waals surface area contributed by atoms with E-state index in [-0.39, 0.29) is 31.4 Å². The maximum Gasteiger partial charge on any atom is 2.00 e. The van der Waals surface area contributed by atoms with Crippen molar-refractivity contribution in [3.05, 3.63) is 0 Å². The Bertz CT molecular complexity index is 30.4. The Morgan fingerprint density at radius 1 is 1.29 bits per heavy atom. The second-order valence-electron chi connectivity index (χ2n) is 0.396. The Labute approximate surface area is 60.7 Å². The van der Waals surface area contributed by atoms with E-state index in [0.29, 0.717) is 0 Å². The molecular formula is H5ClMgO5. The molecule has 0 saturated heterocycles. The molecule has 0 rings (SSSR count). The summed E-state index contributed by atoms with van der Waals surface area (Å²) < 4.78 is 32.7. The minimum absolute atomic E-state index is 0. The molecule has 0 aromatic carbocycles. The normalized spacial score (nSPS) is 8.57. The molecule has 0 heterocycles. The van der Waals surface area contributed by atoms with E-state index in [0.717, 1.165) is 0 Å². The molecule has 0 aliphatic carbocycles. The standard InChI is InChI=1S/ClHO4.Mg.H2O.2H/c2-1(3,4)5;;;;/h(H,2,3,4,5);;1H2;;/q;+2;;2*-1. The van der Waals surface area contributed by atoms with E-state index in [4.69, 9.17) is 18.6 Å². The summed E-state index contributed by atoms with van der Waals surface area (Å²) in [6, 6.07) is 0. The van der Waals surface area contributed by atoms with Crippen LogP contribution in [0.25, 0.3) is 0 Å². The maximum absolute atomic E-state index is 8.60. The first-order valence-electron chi connectivity index (χ1n) is 0.632. The van der Waals surface area contributed by atoms with E-state index >= 15 is 0 Å². The van der Waals surface area contributed by atoms with E-state index in [1.54, 1.807) is 0 Å². The molecule has 44 valence electrons. The third-order valence-electron chi connectivity index (χ3n) is 0. The fourth-order valence-electron chi connectivity index (χ4n) is 0. The third kappa shape index (κ3) is 221. The number of hydrogen-bond acceptors (Lipinski definition) is 4. The van der Waals surface area contributed by atoms with E-state index in [2.05, 4.69) is 0 Å². The van der Waals surface area contributed by atoms with Crippen molar-refractivity contribution in [2.45, 2.75) is 0 Å². The summed E-state index contributed by atoms with van der Waals surface area (Å²) in [5.74, 6) is 0. The molecule has 0 spiro atoms. The minimum Gasteiger partial charge on any atom is -1.00 e. The van der Waals surface area contributed by atoms with Crippen LogP contribution >= 0.6 is 0 Å². The summed E-state index contributed by atoms with van der Waals surface area (Å²) in [6.07, 6.45) is 0. The molecule has 0 amide bonds. The molecule has 0 saturated carbocycles. The van der Waals surface area contributed by atoms with Gasteiger partial charge in [-0.25, -0.2) is 0 Å². The molecule has 0 bridgehead atoms. The van der Waals surface area contributed by atoms with Crippen LogP contribution in [0.3, 0.4) is 0 Å². The van der Waals surface area contributed by atoms with Gasteiger partial charge in [0.05, 0.1) is 14.9 Å². The van der Waals surface area contributed by atoms with Crippen LogP contribution in [0.5, 0.6) is 0 Å². The van der Waals surface area contributed by atoms with Crippen molar-refractivity contribution in [1.29, 1.82) is 0 Å². The molecule has 5 nitrogen and oxygen atoms in total. The van der Waals surface area contributed by atoms with Gasteiger partial charge in [-0.1, -0.05) is 0 Å². The van der Waals surface area contributed by atoms with Crippen LogP contribution in [0, 0.1) is 10.2 Å². The molecule has 0 radical (unpaired) electrons. The van der Waals surface area contributed by atoms with Crippen molar-refractivity contribution in [3.63, 3.8) is 0 Å². The molecule has 3 N–H and O–H groups in total. The zero-order valence-corrected chi connectivity index (χ0v) is 5.43. The Morgan fingerprint density at radius 2 is 1.29 bits per heavy atom. The Balaban J connectivity index is -0.0000000133. The molecular weight excluding hydrogens is 140 g/mol. The van der Waals surface area contributed by atoms with Crippen LogP contribution in [0.1, 0.15) is 2.85 Å². The average Bonchev–Trinajstić information content (AvgIpc) is 0.722. The van der Waals surface area contributed by atoms with E-state index in [9.17, 15) is 0 Å². The van der Waals surface area contributed by atoms with Crippen LogP contribution in [-0.2, 0) is 0 Å². The predicted molar refractivity (Wildman–Crippen MR) is 13.8 cm³/mol. The molecule has 0 aliphatic heterocycles. The van der Waals surface area contributed by atoms with Crippen LogP contribution < -0.4 is 14.0 Å². The fourth-order valence-corrected chi connectivity index (χ4v) is 0. The number of halogens is 1. The quantitative estimate of drug-likeness (QED) is 0.342. The van der Waals surface area contributed by atoms with Gasteiger partial charge in [0.1, 0.15) is 0 Å². The summed E-state index contributed by atoms with van der Waals surface area (Å²) in [6.45, 7) is 0. The summed E-state index contributed by atoms with van der Waals surface area (Å²) in [4.78, 5) is 0. The second kappa shape index (κ2) is 5.00. The minimum atomic E-state index is -4.69. The molecule has 0 aliphatic rings. The van der Waals surface area contributed by atoms with Gasteiger partial charge in [-0.15, -0.1) is 0 Å². The van der Waals surface area contributed by atoms with Gasteiger partial charge >= 0.3 is 23.1 Å². The summed E-state index contributed by atoms with van der Waals surface area (Å²) >= 11 is 0. The fraction of sp³-hybridized carbons (Fsp3) is 0. The smallest absolute Gasteiger partial charge is 1.00 e. The summed E-state index contributed by atoms with van der Waals surface area (Å²) in [5, 5.41) is 0. The average molecular weight is 145 g/mol. The van der Waals surface area contributed by atoms with Crippen molar-refractivity contribution >= 4 is 23.1 Å². The SMILES string of the molecule is O.[H-].[H-].[Mg+2].[O-][Cl+3]([O-])([O-])O. The summed E-state index contributed by atoms with van der Waals surface area (Å²) in [5.41, 5.74) is 0. The second-order valence-corrected chi connectivity index (χ2v) is 1.19. The predicted octanol–water partition coefficient (Wildman–Crippen LogP) is -5.10. The van der Waals surface area contributed by atoms with Crippen LogP contribution in [-0.4, -0.2) is 33.2 Å². The van der Waals surface area contributed by atoms with Crippen molar-refractivity contribution in [2.24, 2.45) is 0 Å². The largest absolute Gasteiger partial charge is 2.00 e. The summed E-state index contributed by atoms with van der Waals surface area (Å²) in [7, 11) is -4.69. The van der Waals surface area contributed by atoms with Gasteiger partial charge in [0.15, 0.2) is 0 Å². The Morgan fingerprint density at radius 3 is 1.29 bits per heavy atom. The van der Waals surface area contributed by atoms with E-state index in [1.807, 2.05) is 0 Å². The van der Waals surface area contributed by atoms with Crippen LogP contribution in [0.4, 0.5) is 0 Å². The van der Waals surface area contributed by atoms with Crippen molar-refractivity contribution < 1.29 is 37.2 Å². The van der Waals surface area contributed by atoms with E-state index < -0.39 is 10.2 Å². The monoisotopic (exact) mass is 144 g/mol. The number of hydrogen-bond donors (Lipinski definition) is 1. The van der Waals surface area contributed by atoms with Crippen molar-refractivity contribution in [2.75, 3.05) is 0 Å². The first-order valence-corrected chi connectivity index (χ1v) is 1.90. The molecule has 7 heavy (non-hydrogen) atoms. The third-order valence-corrected chi connectivity index (χ3v) is 0. The molecule has 0 fully saturated rings. The van der Waals surface area contributed by atoms with Crippen LogP contribution in [0.2, 0.25) is 0 Å². The van der Waals surface area contributed by atoms with Gasteiger partial charge in [0.2, 0.25) is 0 Å². The van der Waals surface area contributed by atoms with Gasteiger partial charge in [-0.2, -0.15) is 14.0 Å². The number of rotatable bonds is 0. The van der Waals surface area contributed by atoms with Crippen LogP contribution in [0.15, 0.2) is 0 Å². The molecule has 7 heteroatoms. The maximum atomic E-state index is 8.60. The molecule has 0 aromatic heterocycles. The molecule has 0 aromatic rings. The zero-order chi connectivity index (χ0) is 4.50.